The van der Waals surface area contributed by atoms with E-state index in [0.717, 1.165) is 0 Å². The lowest BCUT2D eigenvalue weighted by Crippen LogP contribution is -2.40. The maximum absolute atomic E-state index is 9.11. The largest absolute Gasteiger partial charge is 0.395 e. The Morgan fingerprint density at radius 3 is 2.00 bits per heavy atom. The zero-order valence-electron chi connectivity index (χ0n) is 5.91. The van der Waals surface area contributed by atoms with Gasteiger partial charge in [-0.15, -0.1) is 0 Å². The van der Waals surface area contributed by atoms with Gasteiger partial charge in [-0.1, -0.05) is 13.8 Å². The van der Waals surface area contributed by atoms with Crippen molar-refractivity contribution in [1.82, 2.24) is 0 Å². The summed E-state index contributed by atoms with van der Waals surface area (Å²) in [5, 5.41) is 17.6. The molecular formula is C6H15NO2. The molecule has 0 amide bonds. The van der Waals surface area contributed by atoms with Crippen LogP contribution in [0.3, 0.4) is 0 Å². The lowest BCUT2D eigenvalue weighted by molar-refractivity contribution is 0.0718. The van der Waals surface area contributed by atoms with Crippen molar-refractivity contribution in [3.63, 3.8) is 0 Å². The van der Waals surface area contributed by atoms with Crippen LogP contribution in [0, 0.1) is 5.92 Å². The summed E-state index contributed by atoms with van der Waals surface area (Å²) in [6.45, 7) is 3.57. The Hall–Kier alpha value is -0.120. The topological polar surface area (TPSA) is 66.5 Å². The summed E-state index contributed by atoms with van der Waals surface area (Å²) in [6, 6.07) is -0.495. The van der Waals surface area contributed by atoms with E-state index < -0.39 is 12.1 Å². The highest BCUT2D eigenvalue weighted by Crippen LogP contribution is 2.03. The van der Waals surface area contributed by atoms with Gasteiger partial charge in [-0.25, -0.2) is 0 Å². The molecule has 0 fully saturated rings. The molecule has 56 valence electrons. The molecule has 9 heavy (non-hydrogen) atoms. The second-order valence-electron chi connectivity index (χ2n) is 2.58. The van der Waals surface area contributed by atoms with Gasteiger partial charge >= 0.3 is 0 Å². The summed E-state index contributed by atoms with van der Waals surface area (Å²) < 4.78 is 0. The molecule has 2 atom stereocenters. The zero-order chi connectivity index (χ0) is 7.44. The van der Waals surface area contributed by atoms with E-state index in [9.17, 15) is 0 Å². The van der Waals surface area contributed by atoms with Gasteiger partial charge in [0.15, 0.2) is 0 Å². The number of nitrogens with two attached hydrogens (primary N) is 1. The second-order valence-corrected chi connectivity index (χ2v) is 2.58. The van der Waals surface area contributed by atoms with Gasteiger partial charge in [-0.05, 0) is 5.92 Å². The van der Waals surface area contributed by atoms with Crippen molar-refractivity contribution in [2.45, 2.75) is 26.0 Å². The summed E-state index contributed by atoms with van der Waals surface area (Å²) in [7, 11) is 0. The van der Waals surface area contributed by atoms with Crippen LogP contribution in [-0.2, 0) is 0 Å². The highest BCUT2D eigenvalue weighted by atomic mass is 16.3. The monoisotopic (exact) mass is 133 g/mol. The average Bonchev–Trinajstić information content (AvgIpc) is 1.84. The number of hydrogen-bond donors (Lipinski definition) is 3. The molecule has 0 aliphatic rings. The standard InChI is InChI=1S/C6H15NO2/c1-4(2)6(9)5(7)3-8/h4-6,8-9H,3,7H2,1-2H3/t5-,6-/m1/s1. The van der Waals surface area contributed by atoms with E-state index in [2.05, 4.69) is 0 Å². The van der Waals surface area contributed by atoms with E-state index in [1.807, 2.05) is 13.8 Å². The first kappa shape index (κ1) is 8.88. The van der Waals surface area contributed by atoms with Crippen LogP contribution in [0.5, 0.6) is 0 Å². The summed E-state index contributed by atoms with van der Waals surface area (Å²) in [5.41, 5.74) is 5.32. The van der Waals surface area contributed by atoms with Crippen LogP contribution in [0.4, 0.5) is 0 Å². The van der Waals surface area contributed by atoms with Crippen LogP contribution in [0.15, 0.2) is 0 Å². The molecule has 0 heterocycles. The predicted octanol–water partition coefficient (Wildman–Crippen LogP) is -0.677. The smallest absolute Gasteiger partial charge is 0.0736 e. The summed E-state index contributed by atoms with van der Waals surface area (Å²) >= 11 is 0. The molecule has 0 bridgehead atoms. The van der Waals surface area contributed by atoms with Crippen molar-refractivity contribution in [1.29, 1.82) is 0 Å². The minimum atomic E-state index is -0.588. The van der Waals surface area contributed by atoms with Gasteiger partial charge in [0.05, 0.1) is 18.8 Å². The highest BCUT2D eigenvalue weighted by molar-refractivity contribution is 4.72. The summed E-state index contributed by atoms with van der Waals surface area (Å²) in [4.78, 5) is 0. The van der Waals surface area contributed by atoms with Gasteiger partial charge < -0.3 is 15.9 Å². The third-order valence-electron chi connectivity index (χ3n) is 1.33. The van der Waals surface area contributed by atoms with Crippen LogP contribution in [-0.4, -0.2) is 29.0 Å². The predicted molar refractivity (Wildman–Crippen MR) is 35.9 cm³/mol. The molecule has 4 N–H and O–H groups in total. The Balaban J connectivity index is 3.58. The van der Waals surface area contributed by atoms with Crippen LogP contribution < -0.4 is 5.73 Å². The van der Waals surface area contributed by atoms with E-state index >= 15 is 0 Å². The van der Waals surface area contributed by atoms with Gasteiger partial charge in [-0.2, -0.15) is 0 Å². The fourth-order valence-corrected chi connectivity index (χ4v) is 0.602. The molecule has 0 aliphatic heterocycles. The molecule has 0 rings (SSSR count). The van der Waals surface area contributed by atoms with Gasteiger partial charge in [0.1, 0.15) is 0 Å². The van der Waals surface area contributed by atoms with E-state index in [-0.39, 0.29) is 12.5 Å². The Morgan fingerprint density at radius 2 is 1.89 bits per heavy atom. The molecule has 0 aromatic carbocycles. The molecule has 0 aliphatic carbocycles. The van der Waals surface area contributed by atoms with Crippen LogP contribution in [0.1, 0.15) is 13.8 Å². The third-order valence-corrected chi connectivity index (χ3v) is 1.33. The van der Waals surface area contributed by atoms with Crippen LogP contribution in [0.2, 0.25) is 0 Å². The first-order valence-corrected chi connectivity index (χ1v) is 3.14. The van der Waals surface area contributed by atoms with Gasteiger partial charge in [-0.3, -0.25) is 0 Å². The summed E-state index contributed by atoms with van der Waals surface area (Å²) in [6.07, 6.45) is -0.588. The van der Waals surface area contributed by atoms with E-state index in [1.54, 1.807) is 0 Å². The van der Waals surface area contributed by atoms with Crippen molar-refractivity contribution in [2.75, 3.05) is 6.61 Å². The molecule has 0 saturated heterocycles. The SMILES string of the molecule is CC(C)[C@@H](O)[C@H](N)CO. The van der Waals surface area contributed by atoms with Crippen molar-refractivity contribution >= 4 is 0 Å². The quantitative estimate of drug-likeness (QED) is 0.478. The average molecular weight is 133 g/mol. The first-order chi connectivity index (χ1) is 4.09. The summed E-state index contributed by atoms with van der Waals surface area (Å²) in [5.74, 6) is 0.118. The molecule has 0 spiro atoms. The third kappa shape index (κ3) is 2.79. The molecule has 3 heteroatoms. The number of hydrogen-bond acceptors (Lipinski definition) is 3. The normalized spacial score (nSPS) is 18.0. The van der Waals surface area contributed by atoms with Crippen LogP contribution >= 0.6 is 0 Å². The second kappa shape index (κ2) is 3.82. The number of aliphatic hydroxyl groups is 2. The first-order valence-electron chi connectivity index (χ1n) is 3.14. The van der Waals surface area contributed by atoms with Crippen molar-refractivity contribution < 1.29 is 10.2 Å². The lowest BCUT2D eigenvalue weighted by Gasteiger charge is -2.19. The van der Waals surface area contributed by atoms with E-state index in [0.29, 0.717) is 0 Å². The molecule has 3 nitrogen and oxygen atoms in total. The number of aliphatic hydroxyl groups excluding tert-OH is 2. The van der Waals surface area contributed by atoms with E-state index in [4.69, 9.17) is 15.9 Å². The minimum Gasteiger partial charge on any atom is -0.395 e. The molecule has 0 unspecified atom stereocenters. The number of rotatable bonds is 3. The molecule has 0 radical (unpaired) electrons. The maximum atomic E-state index is 9.11. The van der Waals surface area contributed by atoms with Crippen molar-refractivity contribution in [3.05, 3.63) is 0 Å². The Bertz CT molecular complexity index is 75.5. The highest BCUT2D eigenvalue weighted by Gasteiger charge is 2.16. The molecule has 0 aromatic rings. The fourth-order valence-electron chi connectivity index (χ4n) is 0.602. The molecule has 0 saturated carbocycles. The Kier molecular flexibility index (Phi) is 3.77. The Morgan fingerprint density at radius 1 is 1.44 bits per heavy atom. The fraction of sp³-hybridized carbons (Fsp3) is 1.00. The van der Waals surface area contributed by atoms with Gasteiger partial charge in [0, 0.05) is 0 Å². The lowest BCUT2D eigenvalue weighted by atomic mass is 10.0. The minimum absolute atomic E-state index is 0.118. The zero-order valence-corrected chi connectivity index (χ0v) is 5.91. The van der Waals surface area contributed by atoms with Crippen molar-refractivity contribution in [3.8, 4) is 0 Å². The van der Waals surface area contributed by atoms with Crippen molar-refractivity contribution in [2.24, 2.45) is 11.7 Å². The van der Waals surface area contributed by atoms with Gasteiger partial charge in [0.2, 0.25) is 0 Å². The molecular weight excluding hydrogens is 118 g/mol. The van der Waals surface area contributed by atoms with Crippen LogP contribution in [0.25, 0.3) is 0 Å². The Labute approximate surface area is 55.5 Å². The van der Waals surface area contributed by atoms with E-state index in [1.165, 1.54) is 0 Å². The maximum Gasteiger partial charge on any atom is 0.0736 e. The van der Waals surface area contributed by atoms with Gasteiger partial charge in [0.25, 0.3) is 0 Å². The molecule has 0 aromatic heterocycles.